The van der Waals surface area contributed by atoms with Crippen molar-refractivity contribution in [1.82, 2.24) is 14.5 Å². The van der Waals surface area contributed by atoms with Gasteiger partial charge in [-0.3, -0.25) is 4.98 Å². The maximum atomic E-state index is 13.1. The van der Waals surface area contributed by atoms with Crippen molar-refractivity contribution in [3.63, 3.8) is 0 Å². The van der Waals surface area contributed by atoms with Gasteiger partial charge in [-0.2, -0.15) is 0 Å². The molecule has 36 heavy (non-hydrogen) atoms. The molecule has 0 N–H and O–H groups in total. The normalized spacial score (nSPS) is 12.7. The Morgan fingerprint density at radius 1 is 1.06 bits per heavy atom. The van der Waals surface area contributed by atoms with Crippen molar-refractivity contribution in [2.24, 2.45) is 0 Å². The number of carbonyl (C=O) groups is 1. The van der Waals surface area contributed by atoms with Gasteiger partial charge in [0, 0.05) is 51.9 Å². The summed E-state index contributed by atoms with van der Waals surface area (Å²) in [7, 11) is 1.38. The zero-order valence-electron chi connectivity index (χ0n) is 21.8. The standard InChI is InChI=1S/C29H32ClN3O3/c1-17-19(3)33(16-20-12-14-31-15-13-20)27-23(17)25(21-8-10-22(30)11-9-21)24(18(2)32-27)26(28(34)35-7)36-29(4,5)6/h8-15,26H,16H2,1-7H3. The van der Waals surface area contributed by atoms with Crippen molar-refractivity contribution in [3.8, 4) is 11.1 Å². The van der Waals surface area contributed by atoms with Crippen molar-refractivity contribution in [3.05, 3.63) is 81.9 Å². The topological polar surface area (TPSA) is 66.2 Å². The summed E-state index contributed by atoms with van der Waals surface area (Å²) in [6, 6.07) is 11.7. The van der Waals surface area contributed by atoms with Crippen LogP contribution in [0.1, 0.15) is 55.0 Å². The molecule has 0 spiro atoms. The summed E-state index contributed by atoms with van der Waals surface area (Å²) in [5.74, 6) is -0.463. The summed E-state index contributed by atoms with van der Waals surface area (Å²) in [5, 5.41) is 1.62. The van der Waals surface area contributed by atoms with Crippen molar-refractivity contribution >= 4 is 28.6 Å². The third-order valence-corrected chi connectivity index (χ3v) is 6.61. The van der Waals surface area contributed by atoms with Crippen molar-refractivity contribution < 1.29 is 14.3 Å². The van der Waals surface area contributed by atoms with Crippen LogP contribution in [0.5, 0.6) is 0 Å². The van der Waals surface area contributed by atoms with Crippen LogP contribution in [0.15, 0.2) is 48.8 Å². The Balaban J connectivity index is 2.08. The molecule has 0 aliphatic rings. The molecule has 7 heteroatoms. The van der Waals surface area contributed by atoms with Gasteiger partial charge in [-0.1, -0.05) is 23.7 Å². The summed E-state index contributed by atoms with van der Waals surface area (Å²) >= 11 is 6.24. The van der Waals surface area contributed by atoms with Crippen LogP contribution in [-0.2, 0) is 20.8 Å². The first-order valence-electron chi connectivity index (χ1n) is 11.9. The average molecular weight is 506 g/mol. The summed E-state index contributed by atoms with van der Waals surface area (Å²) in [6.07, 6.45) is 2.65. The first-order valence-corrected chi connectivity index (χ1v) is 12.3. The van der Waals surface area contributed by atoms with E-state index in [0.29, 0.717) is 22.8 Å². The molecule has 3 aromatic heterocycles. The molecule has 0 bridgehead atoms. The van der Waals surface area contributed by atoms with Crippen molar-refractivity contribution in [2.45, 2.75) is 59.8 Å². The minimum atomic E-state index is -0.944. The largest absolute Gasteiger partial charge is 0.467 e. The Labute approximate surface area is 217 Å². The minimum Gasteiger partial charge on any atom is -0.467 e. The molecule has 1 aromatic carbocycles. The number of hydrogen-bond acceptors (Lipinski definition) is 5. The highest BCUT2D eigenvalue weighted by atomic mass is 35.5. The van der Waals surface area contributed by atoms with E-state index in [1.165, 1.54) is 7.11 Å². The predicted octanol–water partition coefficient (Wildman–Crippen LogP) is 6.75. The molecule has 0 aliphatic heterocycles. The molecule has 188 valence electrons. The third-order valence-electron chi connectivity index (χ3n) is 6.36. The number of hydrogen-bond donors (Lipinski definition) is 0. The Kier molecular flexibility index (Phi) is 7.21. The number of nitrogens with zero attached hydrogens (tertiary/aromatic N) is 3. The van der Waals surface area contributed by atoms with Gasteiger partial charge < -0.3 is 14.0 Å². The molecule has 0 fully saturated rings. The number of fused-ring (bicyclic) bond motifs is 1. The SMILES string of the molecule is COC(=O)C(OC(C)(C)C)c1c(C)nc2c(c(C)c(C)n2Cc2ccncc2)c1-c1ccc(Cl)cc1. The fraction of sp³-hybridized carbons (Fsp3) is 0.345. The Bertz CT molecular complexity index is 1400. The van der Waals surface area contributed by atoms with Crippen LogP contribution in [0.2, 0.25) is 5.02 Å². The Morgan fingerprint density at radius 3 is 2.28 bits per heavy atom. The zero-order chi connectivity index (χ0) is 26.2. The van der Waals surface area contributed by atoms with Gasteiger partial charge in [0.25, 0.3) is 0 Å². The van der Waals surface area contributed by atoms with E-state index in [-0.39, 0.29) is 0 Å². The van der Waals surface area contributed by atoms with Gasteiger partial charge in [0.15, 0.2) is 6.10 Å². The van der Waals surface area contributed by atoms with E-state index in [1.807, 2.05) is 64.1 Å². The van der Waals surface area contributed by atoms with Gasteiger partial charge in [-0.25, -0.2) is 9.78 Å². The highest BCUT2D eigenvalue weighted by Gasteiger charge is 2.34. The van der Waals surface area contributed by atoms with Crippen molar-refractivity contribution in [2.75, 3.05) is 7.11 Å². The van der Waals surface area contributed by atoms with Gasteiger partial charge in [0.1, 0.15) is 5.65 Å². The van der Waals surface area contributed by atoms with E-state index < -0.39 is 17.7 Å². The van der Waals surface area contributed by atoms with E-state index in [0.717, 1.165) is 39.0 Å². The Hall–Kier alpha value is -3.22. The predicted molar refractivity (Wildman–Crippen MR) is 143 cm³/mol. The first kappa shape index (κ1) is 25.9. The molecule has 0 radical (unpaired) electrons. The van der Waals surface area contributed by atoms with Crippen LogP contribution in [0.3, 0.4) is 0 Å². The maximum absolute atomic E-state index is 13.1. The number of aromatic nitrogens is 3. The molecule has 1 unspecified atom stereocenters. The second-order valence-electron chi connectivity index (χ2n) is 9.98. The Morgan fingerprint density at radius 2 is 1.69 bits per heavy atom. The van der Waals surface area contributed by atoms with Gasteiger partial charge in [0.2, 0.25) is 0 Å². The van der Waals surface area contributed by atoms with E-state index >= 15 is 0 Å². The lowest BCUT2D eigenvalue weighted by Gasteiger charge is -2.29. The number of esters is 1. The lowest BCUT2D eigenvalue weighted by molar-refractivity contribution is -0.164. The summed E-state index contributed by atoms with van der Waals surface area (Å²) < 4.78 is 13.7. The number of ether oxygens (including phenoxy) is 2. The van der Waals surface area contributed by atoms with Crippen LogP contribution in [-0.4, -0.2) is 33.2 Å². The number of rotatable bonds is 6. The van der Waals surface area contributed by atoms with Gasteiger partial charge in [-0.05, 0) is 82.5 Å². The molecular formula is C29H32ClN3O3. The number of pyridine rings is 2. The molecule has 1 atom stereocenters. The quantitative estimate of drug-likeness (QED) is 0.271. The number of methoxy groups -OCH3 is 1. The third kappa shape index (κ3) is 5.01. The van der Waals surface area contributed by atoms with Crippen molar-refractivity contribution in [1.29, 1.82) is 0 Å². The fourth-order valence-electron chi connectivity index (χ4n) is 4.58. The van der Waals surface area contributed by atoms with E-state index in [1.54, 1.807) is 12.4 Å². The van der Waals surface area contributed by atoms with E-state index in [9.17, 15) is 4.79 Å². The lowest BCUT2D eigenvalue weighted by Crippen LogP contribution is -2.29. The van der Waals surface area contributed by atoms with Crippen LogP contribution in [0, 0.1) is 20.8 Å². The molecule has 0 saturated carbocycles. The lowest BCUT2D eigenvalue weighted by atomic mass is 9.91. The van der Waals surface area contributed by atoms with Gasteiger partial charge in [0.05, 0.1) is 12.7 Å². The molecule has 3 heterocycles. The van der Waals surface area contributed by atoms with Crippen LogP contribution in [0.25, 0.3) is 22.2 Å². The smallest absolute Gasteiger partial charge is 0.339 e. The van der Waals surface area contributed by atoms with E-state index in [2.05, 4.69) is 23.4 Å². The summed E-state index contributed by atoms with van der Waals surface area (Å²) in [4.78, 5) is 22.3. The van der Waals surface area contributed by atoms with Crippen LogP contribution in [0.4, 0.5) is 0 Å². The highest BCUT2D eigenvalue weighted by molar-refractivity contribution is 6.30. The maximum Gasteiger partial charge on any atom is 0.339 e. The highest BCUT2D eigenvalue weighted by Crippen LogP contribution is 2.42. The van der Waals surface area contributed by atoms with Gasteiger partial charge in [-0.15, -0.1) is 0 Å². The summed E-state index contributed by atoms with van der Waals surface area (Å²) in [6.45, 7) is 12.5. The second kappa shape index (κ2) is 10.0. The number of carbonyl (C=O) groups excluding carboxylic acids is 1. The van der Waals surface area contributed by atoms with E-state index in [4.69, 9.17) is 26.1 Å². The monoisotopic (exact) mass is 505 g/mol. The number of halogens is 1. The van der Waals surface area contributed by atoms with Gasteiger partial charge >= 0.3 is 5.97 Å². The average Bonchev–Trinajstić information content (AvgIpc) is 3.06. The zero-order valence-corrected chi connectivity index (χ0v) is 22.6. The molecule has 0 saturated heterocycles. The first-order chi connectivity index (χ1) is 17.0. The fourth-order valence-corrected chi connectivity index (χ4v) is 4.71. The van der Waals surface area contributed by atoms with Crippen LogP contribution < -0.4 is 0 Å². The molecule has 0 aliphatic carbocycles. The number of aryl methyl sites for hydroxylation is 2. The molecule has 4 aromatic rings. The van der Waals surface area contributed by atoms with Crippen LogP contribution >= 0.6 is 11.6 Å². The minimum absolute atomic E-state index is 0.463. The molecule has 4 rings (SSSR count). The molecule has 6 nitrogen and oxygen atoms in total. The molecular weight excluding hydrogens is 474 g/mol. The summed E-state index contributed by atoms with van der Waals surface area (Å²) in [5.41, 5.74) is 6.84. The second-order valence-corrected chi connectivity index (χ2v) is 10.4. The number of benzene rings is 1. The molecule has 0 amide bonds.